The molecule has 0 radical (unpaired) electrons. The Labute approximate surface area is 101 Å². The summed E-state index contributed by atoms with van der Waals surface area (Å²) in [6, 6.07) is 2.04. The second kappa shape index (κ2) is 6.66. The molecule has 1 aromatic rings. The molecular weight excluding hydrogens is 222 g/mol. The Kier molecular flexibility index (Phi) is 5.49. The van der Waals surface area contributed by atoms with Crippen molar-refractivity contribution in [3.8, 4) is 0 Å². The Balaban J connectivity index is 2.53. The molecule has 0 saturated heterocycles. The van der Waals surface area contributed by atoms with E-state index in [4.69, 9.17) is 4.74 Å². The maximum absolute atomic E-state index is 11.6. The molecule has 4 heteroatoms. The normalized spacial score (nSPS) is 14.4. The lowest BCUT2D eigenvalue weighted by Gasteiger charge is -2.20. The molecule has 0 fully saturated rings. The minimum Gasteiger partial charge on any atom is -0.465 e. The highest BCUT2D eigenvalue weighted by molar-refractivity contribution is 7.07. The molecular formula is C12H19NO2S. The first-order valence-corrected chi connectivity index (χ1v) is 6.58. The van der Waals surface area contributed by atoms with E-state index in [9.17, 15) is 4.79 Å². The SMILES string of the molecule is CCOC(=O)C(CC)NC(C)c1ccsc1. The molecule has 1 aromatic heterocycles. The van der Waals surface area contributed by atoms with Crippen LogP contribution in [0.25, 0.3) is 0 Å². The van der Waals surface area contributed by atoms with Crippen molar-refractivity contribution in [2.24, 2.45) is 0 Å². The summed E-state index contributed by atoms with van der Waals surface area (Å²) in [5, 5.41) is 7.42. The van der Waals surface area contributed by atoms with Gasteiger partial charge in [-0.15, -0.1) is 0 Å². The van der Waals surface area contributed by atoms with Crippen LogP contribution in [0.3, 0.4) is 0 Å². The van der Waals surface area contributed by atoms with E-state index in [1.54, 1.807) is 11.3 Å². The standard InChI is InChI=1S/C12H19NO2S/c1-4-11(12(14)15-5-2)13-9(3)10-6-7-16-8-10/h6-9,11,13H,4-5H2,1-3H3. The Morgan fingerprint density at radius 1 is 1.56 bits per heavy atom. The van der Waals surface area contributed by atoms with Crippen LogP contribution in [0.15, 0.2) is 16.8 Å². The first-order valence-electron chi connectivity index (χ1n) is 5.63. The number of thiophene rings is 1. The van der Waals surface area contributed by atoms with Gasteiger partial charge in [-0.1, -0.05) is 6.92 Å². The van der Waals surface area contributed by atoms with Crippen LogP contribution in [0.5, 0.6) is 0 Å². The van der Waals surface area contributed by atoms with Crippen molar-refractivity contribution in [3.05, 3.63) is 22.4 Å². The van der Waals surface area contributed by atoms with Gasteiger partial charge in [0.05, 0.1) is 6.61 Å². The smallest absolute Gasteiger partial charge is 0.323 e. The monoisotopic (exact) mass is 241 g/mol. The van der Waals surface area contributed by atoms with Gasteiger partial charge in [-0.2, -0.15) is 11.3 Å². The summed E-state index contributed by atoms with van der Waals surface area (Å²) in [7, 11) is 0. The van der Waals surface area contributed by atoms with E-state index in [1.807, 2.05) is 19.2 Å². The van der Waals surface area contributed by atoms with Gasteiger partial charge in [0, 0.05) is 6.04 Å². The highest BCUT2D eigenvalue weighted by Gasteiger charge is 2.20. The van der Waals surface area contributed by atoms with Gasteiger partial charge in [-0.05, 0) is 42.7 Å². The number of hydrogen-bond donors (Lipinski definition) is 1. The summed E-state index contributed by atoms with van der Waals surface area (Å²) >= 11 is 1.67. The number of rotatable bonds is 6. The molecule has 1 N–H and O–H groups in total. The van der Waals surface area contributed by atoms with Crippen LogP contribution in [0, 0.1) is 0 Å². The molecule has 2 atom stereocenters. The van der Waals surface area contributed by atoms with Crippen molar-refractivity contribution < 1.29 is 9.53 Å². The Bertz CT molecular complexity index is 311. The molecule has 90 valence electrons. The third-order valence-corrected chi connectivity index (χ3v) is 3.18. The molecule has 0 saturated carbocycles. The van der Waals surface area contributed by atoms with E-state index in [0.29, 0.717) is 6.61 Å². The van der Waals surface area contributed by atoms with E-state index in [2.05, 4.69) is 23.7 Å². The molecule has 1 heterocycles. The average molecular weight is 241 g/mol. The molecule has 0 amide bonds. The summed E-state index contributed by atoms with van der Waals surface area (Å²) in [6.07, 6.45) is 0.743. The van der Waals surface area contributed by atoms with Crippen molar-refractivity contribution >= 4 is 17.3 Å². The maximum atomic E-state index is 11.6. The highest BCUT2D eigenvalue weighted by Crippen LogP contribution is 2.16. The lowest BCUT2D eigenvalue weighted by Crippen LogP contribution is -2.38. The predicted molar refractivity (Wildman–Crippen MR) is 66.6 cm³/mol. The fourth-order valence-electron chi connectivity index (χ4n) is 1.51. The van der Waals surface area contributed by atoms with Crippen molar-refractivity contribution in [1.82, 2.24) is 5.32 Å². The molecule has 0 spiro atoms. The molecule has 1 rings (SSSR count). The summed E-state index contributed by atoms with van der Waals surface area (Å²) in [5.74, 6) is -0.160. The zero-order valence-electron chi connectivity index (χ0n) is 10.0. The second-order valence-electron chi connectivity index (χ2n) is 3.66. The Hall–Kier alpha value is -0.870. The first kappa shape index (κ1) is 13.2. The largest absolute Gasteiger partial charge is 0.465 e. The second-order valence-corrected chi connectivity index (χ2v) is 4.44. The van der Waals surface area contributed by atoms with E-state index in [1.165, 1.54) is 5.56 Å². The topological polar surface area (TPSA) is 38.3 Å². The number of carbonyl (C=O) groups excluding carboxylic acids is 1. The molecule has 3 nitrogen and oxygen atoms in total. The minimum absolute atomic E-state index is 0.160. The quantitative estimate of drug-likeness (QED) is 0.778. The summed E-state index contributed by atoms with van der Waals surface area (Å²) in [4.78, 5) is 11.6. The van der Waals surface area contributed by atoms with Crippen molar-refractivity contribution in [2.45, 2.75) is 39.3 Å². The van der Waals surface area contributed by atoms with Crippen LogP contribution in [0.2, 0.25) is 0 Å². The Morgan fingerprint density at radius 3 is 2.81 bits per heavy atom. The number of hydrogen-bond acceptors (Lipinski definition) is 4. The molecule has 0 aliphatic rings. The van der Waals surface area contributed by atoms with E-state index in [0.717, 1.165) is 6.42 Å². The van der Waals surface area contributed by atoms with Crippen LogP contribution in [-0.4, -0.2) is 18.6 Å². The average Bonchev–Trinajstić information content (AvgIpc) is 2.79. The summed E-state index contributed by atoms with van der Waals surface area (Å²) in [5.41, 5.74) is 1.22. The lowest BCUT2D eigenvalue weighted by atomic mass is 10.1. The van der Waals surface area contributed by atoms with Gasteiger partial charge < -0.3 is 4.74 Å². The van der Waals surface area contributed by atoms with Gasteiger partial charge in [0.1, 0.15) is 6.04 Å². The van der Waals surface area contributed by atoms with Crippen LogP contribution >= 0.6 is 11.3 Å². The fourth-order valence-corrected chi connectivity index (χ4v) is 2.27. The third kappa shape index (κ3) is 3.61. The summed E-state index contributed by atoms with van der Waals surface area (Å²) in [6.45, 7) is 6.30. The first-order chi connectivity index (χ1) is 7.69. The predicted octanol–water partition coefficient (Wildman–Crippen LogP) is 2.74. The van der Waals surface area contributed by atoms with Gasteiger partial charge in [-0.25, -0.2) is 0 Å². The third-order valence-electron chi connectivity index (χ3n) is 2.47. The van der Waals surface area contributed by atoms with Gasteiger partial charge >= 0.3 is 5.97 Å². The van der Waals surface area contributed by atoms with Crippen LogP contribution < -0.4 is 5.32 Å². The zero-order valence-corrected chi connectivity index (χ0v) is 10.8. The van der Waals surface area contributed by atoms with Gasteiger partial charge in [0.15, 0.2) is 0 Å². The number of ether oxygens (including phenoxy) is 1. The fraction of sp³-hybridized carbons (Fsp3) is 0.583. The maximum Gasteiger partial charge on any atom is 0.323 e. The molecule has 0 aliphatic heterocycles. The summed E-state index contributed by atoms with van der Waals surface area (Å²) < 4.78 is 5.01. The highest BCUT2D eigenvalue weighted by atomic mass is 32.1. The molecule has 2 unspecified atom stereocenters. The van der Waals surface area contributed by atoms with Crippen LogP contribution in [-0.2, 0) is 9.53 Å². The molecule has 0 aromatic carbocycles. The van der Waals surface area contributed by atoms with Crippen molar-refractivity contribution in [3.63, 3.8) is 0 Å². The molecule has 0 bridgehead atoms. The number of esters is 1. The van der Waals surface area contributed by atoms with Crippen molar-refractivity contribution in [1.29, 1.82) is 0 Å². The van der Waals surface area contributed by atoms with Gasteiger partial charge in [0.25, 0.3) is 0 Å². The van der Waals surface area contributed by atoms with Gasteiger partial charge in [-0.3, -0.25) is 10.1 Å². The van der Waals surface area contributed by atoms with Crippen LogP contribution in [0.4, 0.5) is 0 Å². The van der Waals surface area contributed by atoms with Crippen molar-refractivity contribution in [2.75, 3.05) is 6.61 Å². The molecule has 0 aliphatic carbocycles. The van der Waals surface area contributed by atoms with E-state index >= 15 is 0 Å². The van der Waals surface area contributed by atoms with E-state index in [-0.39, 0.29) is 18.1 Å². The van der Waals surface area contributed by atoms with Gasteiger partial charge in [0.2, 0.25) is 0 Å². The van der Waals surface area contributed by atoms with E-state index < -0.39 is 0 Å². The Morgan fingerprint density at radius 2 is 2.31 bits per heavy atom. The minimum atomic E-state index is -0.213. The lowest BCUT2D eigenvalue weighted by molar-refractivity contribution is -0.145. The molecule has 16 heavy (non-hydrogen) atoms. The number of carbonyl (C=O) groups is 1. The zero-order chi connectivity index (χ0) is 12.0. The number of nitrogens with one attached hydrogen (secondary N) is 1. The van der Waals surface area contributed by atoms with Crippen LogP contribution in [0.1, 0.15) is 38.8 Å².